The van der Waals surface area contributed by atoms with E-state index in [1.54, 1.807) is 18.2 Å². The van der Waals surface area contributed by atoms with Gasteiger partial charge in [0.05, 0.1) is 29.8 Å². The van der Waals surface area contributed by atoms with Crippen LogP contribution in [0.4, 0.5) is 10.1 Å². The molecule has 0 N–H and O–H groups in total. The minimum Gasteiger partial charge on any atom is -0.469 e. The van der Waals surface area contributed by atoms with Crippen LogP contribution < -0.4 is 4.90 Å². The molecule has 5 nitrogen and oxygen atoms in total. The van der Waals surface area contributed by atoms with Crippen molar-refractivity contribution in [3.8, 4) is 0 Å². The molecule has 3 rings (SSSR count). The van der Waals surface area contributed by atoms with Crippen molar-refractivity contribution in [1.82, 2.24) is 0 Å². The van der Waals surface area contributed by atoms with Crippen molar-refractivity contribution >= 4 is 35.1 Å². The maximum Gasteiger partial charge on any atom is 0.305 e. The number of carbonyl (C=O) groups excluding carboxylic acids is 3. The average Bonchev–Trinajstić information content (AvgIpc) is 2.94. The van der Waals surface area contributed by atoms with E-state index >= 15 is 0 Å². The number of hydrogen-bond donors (Lipinski definition) is 0. The minimum absolute atomic E-state index is 0.00864. The lowest BCUT2D eigenvalue weighted by molar-refractivity contribution is -0.140. The largest absolute Gasteiger partial charge is 0.469 e. The smallest absolute Gasteiger partial charge is 0.305 e. The molecular formula is C19H15ClFNO4. The number of benzene rings is 2. The van der Waals surface area contributed by atoms with Crippen LogP contribution in [0.1, 0.15) is 27.9 Å². The number of ether oxygens (including phenoxy) is 1. The van der Waals surface area contributed by atoms with Gasteiger partial charge >= 0.3 is 5.97 Å². The molecule has 2 aromatic rings. The first-order chi connectivity index (χ1) is 12.4. The molecule has 0 saturated carbocycles. The Morgan fingerprint density at radius 2 is 2.00 bits per heavy atom. The van der Waals surface area contributed by atoms with Crippen molar-refractivity contribution in [2.24, 2.45) is 0 Å². The zero-order valence-electron chi connectivity index (χ0n) is 13.9. The Balaban J connectivity index is 2.04. The molecule has 0 radical (unpaired) electrons. The van der Waals surface area contributed by atoms with E-state index in [4.69, 9.17) is 11.6 Å². The van der Waals surface area contributed by atoms with Crippen molar-refractivity contribution in [1.29, 1.82) is 0 Å². The topological polar surface area (TPSA) is 63.7 Å². The van der Waals surface area contributed by atoms with Crippen LogP contribution in [-0.2, 0) is 27.2 Å². The summed E-state index contributed by atoms with van der Waals surface area (Å²) in [5.74, 6) is -2.03. The minimum atomic E-state index is -0.578. The number of amides is 2. The summed E-state index contributed by atoms with van der Waals surface area (Å²) >= 11 is 6.08. The lowest BCUT2D eigenvalue weighted by Crippen LogP contribution is -2.34. The lowest BCUT2D eigenvalue weighted by atomic mass is 10.0. The van der Waals surface area contributed by atoms with Gasteiger partial charge in [0.1, 0.15) is 5.82 Å². The second-order valence-corrected chi connectivity index (χ2v) is 6.25. The summed E-state index contributed by atoms with van der Waals surface area (Å²) in [5, 5.41) is 0.219. The zero-order valence-corrected chi connectivity index (χ0v) is 14.7. The summed E-state index contributed by atoms with van der Waals surface area (Å²) in [6, 6.07) is 8.86. The van der Waals surface area contributed by atoms with Crippen molar-refractivity contribution < 1.29 is 23.5 Å². The highest BCUT2D eigenvalue weighted by atomic mass is 35.5. The number of aryl methyl sites for hydroxylation is 1. The van der Waals surface area contributed by atoms with Gasteiger partial charge in [0.2, 0.25) is 5.91 Å². The number of hydrogen-bond acceptors (Lipinski definition) is 4. The standard InChI is InChI=1S/C19H15ClFNO4/c1-26-17(24)7-6-11-8-13(21)9-12-10-16(23)22(18(11)12)19(25)14-4-2-3-5-15(14)20/h2-5,8-9H,6-7,10H2,1H3. The Morgan fingerprint density at radius 1 is 1.27 bits per heavy atom. The molecule has 7 heteroatoms. The summed E-state index contributed by atoms with van der Waals surface area (Å²) < 4.78 is 18.5. The molecule has 0 aliphatic carbocycles. The number of halogens is 2. The Morgan fingerprint density at radius 3 is 2.69 bits per heavy atom. The first-order valence-electron chi connectivity index (χ1n) is 7.92. The molecule has 0 saturated heterocycles. The van der Waals surface area contributed by atoms with Gasteiger partial charge in [-0.3, -0.25) is 14.4 Å². The van der Waals surface area contributed by atoms with Gasteiger partial charge in [-0.25, -0.2) is 9.29 Å². The van der Waals surface area contributed by atoms with Gasteiger partial charge < -0.3 is 4.74 Å². The molecule has 2 amide bonds. The summed E-state index contributed by atoms with van der Waals surface area (Å²) in [5.41, 5.74) is 1.32. The summed E-state index contributed by atoms with van der Waals surface area (Å²) in [7, 11) is 1.26. The van der Waals surface area contributed by atoms with Crippen LogP contribution in [0.5, 0.6) is 0 Å². The van der Waals surface area contributed by atoms with Crippen molar-refractivity contribution in [3.63, 3.8) is 0 Å². The number of methoxy groups -OCH3 is 1. The second kappa shape index (κ2) is 7.25. The average molecular weight is 376 g/mol. The van der Waals surface area contributed by atoms with E-state index in [0.29, 0.717) is 16.8 Å². The highest BCUT2D eigenvalue weighted by Crippen LogP contribution is 2.36. The van der Waals surface area contributed by atoms with Crippen LogP contribution in [0.2, 0.25) is 5.02 Å². The van der Waals surface area contributed by atoms with E-state index in [1.165, 1.54) is 25.3 Å². The van der Waals surface area contributed by atoms with Crippen molar-refractivity contribution in [3.05, 3.63) is 63.9 Å². The molecule has 0 unspecified atom stereocenters. The van der Waals surface area contributed by atoms with Crippen LogP contribution in [0.3, 0.4) is 0 Å². The Bertz CT molecular complexity index is 912. The van der Waals surface area contributed by atoms with Crippen LogP contribution in [0.25, 0.3) is 0 Å². The molecule has 1 heterocycles. The van der Waals surface area contributed by atoms with Gasteiger partial charge in [-0.15, -0.1) is 0 Å². The summed E-state index contributed by atoms with van der Waals surface area (Å²) in [6.45, 7) is 0. The lowest BCUT2D eigenvalue weighted by Gasteiger charge is -2.19. The van der Waals surface area contributed by atoms with Crippen molar-refractivity contribution in [2.75, 3.05) is 12.0 Å². The normalized spacial score (nSPS) is 12.9. The maximum absolute atomic E-state index is 13.9. The number of esters is 1. The third kappa shape index (κ3) is 3.32. The quantitative estimate of drug-likeness (QED) is 0.607. The zero-order chi connectivity index (χ0) is 18.8. The highest BCUT2D eigenvalue weighted by molar-refractivity contribution is 6.36. The Kier molecular flexibility index (Phi) is 5.04. The Labute approximate surface area is 154 Å². The molecule has 0 spiro atoms. The molecule has 2 aromatic carbocycles. The first-order valence-corrected chi connectivity index (χ1v) is 8.30. The number of nitrogens with zero attached hydrogens (tertiary/aromatic N) is 1. The SMILES string of the molecule is COC(=O)CCc1cc(F)cc2c1N(C(=O)c1ccccc1Cl)C(=O)C2. The Hall–Kier alpha value is -2.73. The molecular weight excluding hydrogens is 361 g/mol. The van der Waals surface area contributed by atoms with E-state index in [0.717, 1.165) is 4.90 Å². The predicted molar refractivity (Wildman–Crippen MR) is 93.7 cm³/mol. The van der Waals surface area contributed by atoms with Gasteiger partial charge in [-0.2, -0.15) is 0 Å². The van der Waals surface area contributed by atoms with Gasteiger partial charge in [-0.1, -0.05) is 23.7 Å². The molecule has 1 aliphatic heterocycles. The fourth-order valence-corrected chi connectivity index (χ4v) is 3.22. The molecule has 134 valence electrons. The molecule has 0 atom stereocenters. The predicted octanol–water partition coefficient (Wildman–Crippen LogP) is 3.31. The van der Waals surface area contributed by atoms with E-state index in [-0.39, 0.29) is 29.8 Å². The maximum atomic E-state index is 13.9. The second-order valence-electron chi connectivity index (χ2n) is 5.84. The number of anilines is 1. The highest BCUT2D eigenvalue weighted by Gasteiger charge is 2.36. The molecule has 0 aromatic heterocycles. The third-order valence-electron chi connectivity index (χ3n) is 4.18. The van der Waals surface area contributed by atoms with Crippen LogP contribution in [-0.4, -0.2) is 24.9 Å². The van der Waals surface area contributed by atoms with E-state index in [9.17, 15) is 18.8 Å². The fraction of sp³-hybridized carbons (Fsp3) is 0.211. The molecule has 0 fully saturated rings. The first kappa shape index (κ1) is 18.1. The van der Waals surface area contributed by atoms with Crippen LogP contribution in [0.15, 0.2) is 36.4 Å². The molecule has 1 aliphatic rings. The van der Waals surface area contributed by atoms with E-state index in [1.807, 2.05) is 0 Å². The van der Waals surface area contributed by atoms with Crippen LogP contribution >= 0.6 is 11.6 Å². The van der Waals surface area contributed by atoms with Crippen molar-refractivity contribution in [2.45, 2.75) is 19.3 Å². The third-order valence-corrected chi connectivity index (χ3v) is 4.51. The number of fused-ring (bicyclic) bond motifs is 1. The van der Waals surface area contributed by atoms with E-state index < -0.39 is 23.6 Å². The van der Waals surface area contributed by atoms with Gasteiger partial charge in [-0.05, 0) is 41.8 Å². The summed E-state index contributed by atoms with van der Waals surface area (Å²) in [6.07, 6.45) is 0.0650. The number of carbonyl (C=O) groups is 3. The van der Waals surface area contributed by atoms with Gasteiger partial charge in [0, 0.05) is 6.42 Å². The molecule has 0 bridgehead atoms. The van der Waals surface area contributed by atoms with Gasteiger partial charge in [0.15, 0.2) is 0 Å². The van der Waals surface area contributed by atoms with Crippen LogP contribution in [0, 0.1) is 5.82 Å². The number of imide groups is 1. The number of rotatable bonds is 4. The van der Waals surface area contributed by atoms with Gasteiger partial charge in [0.25, 0.3) is 5.91 Å². The van der Waals surface area contributed by atoms with E-state index in [2.05, 4.69) is 4.74 Å². The monoisotopic (exact) mass is 375 g/mol. The fourth-order valence-electron chi connectivity index (χ4n) is 3.01. The molecule has 26 heavy (non-hydrogen) atoms. The summed E-state index contributed by atoms with van der Waals surface area (Å²) in [4.78, 5) is 37.8.